The van der Waals surface area contributed by atoms with E-state index in [1.807, 2.05) is 6.07 Å². The van der Waals surface area contributed by atoms with E-state index in [-0.39, 0.29) is 30.2 Å². The van der Waals surface area contributed by atoms with Gasteiger partial charge in [0.15, 0.2) is 0 Å². The number of nitrogens with zero attached hydrogens (tertiary/aromatic N) is 1. The quantitative estimate of drug-likeness (QED) is 0.359. The molecule has 0 saturated carbocycles. The van der Waals surface area contributed by atoms with Gasteiger partial charge < -0.3 is 5.11 Å². The SMILES string of the molecule is O=C(CCN1C(=O)/C(=C\c2ccccc2Cl)SC1=S)NNC(=O)c1cccc(O)c1. The normalized spacial score (nSPS) is 14.8. The highest BCUT2D eigenvalue weighted by Crippen LogP contribution is 2.33. The van der Waals surface area contributed by atoms with Crippen LogP contribution in [0.4, 0.5) is 0 Å². The van der Waals surface area contributed by atoms with Crippen molar-refractivity contribution in [2.24, 2.45) is 0 Å². The fourth-order valence-corrected chi connectivity index (χ4v) is 4.04. The predicted molar refractivity (Wildman–Crippen MR) is 120 cm³/mol. The number of aromatic hydroxyl groups is 1. The van der Waals surface area contributed by atoms with Crippen molar-refractivity contribution in [2.75, 3.05) is 6.54 Å². The Morgan fingerprint density at radius 3 is 2.67 bits per heavy atom. The molecule has 3 amide bonds. The van der Waals surface area contributed by atoms with E-state index in [1.54, 1.807) is 24.3 Å². The number of thiocarbonyl (C=S) groups is 1. The molecule has 3 N–H and O–H groups in total. The standard InChI is InChI=1S/C20H16ClN3O4S2/c21-15-7-2-1-4-12(15)11-16-19(28)24(20(29)30-16)9-8-17(26)22-23-18(27)13-5-3-6-14(25)10-13/h1-7,10-11,25H,8-9H2,(H,22,26)(H,23,27)/b16-11+. The minimum absolute atomic E-state index is 0.0619. The minimum atomic E-state index is -0.576. The first kappa shape index (κ1) is 21.8. The maximum atomic E-state index is 12.6. The number of amides is 3. The second kappa shape index (κ2) is 9.75. The van der Waals surface area contributed by atoms with Gasteiger partial charge in [0.05, 0.1) is 4.91 Å². The van der Waals surface area contributed by atoms with Crippen molar-refractivity contribution in [1.29, 1.82) is 0 Å². The van der Waals surface area contributed by atoms with Crippen LogP contribution >= 0.6 is 35.6 Å². The molecule has 0 bridgehead atoms. The summed E-state index contributed by atoms with van der Waals surface area (Å²) in [5, 5.41) is 9.91. The lowest BCUT2D eigenvalue weighted by molar-refractivity contribution is -0.124. The molecule has 2 aromatic rings. The summed E-state index contributed by atoms with van der Waals surface area (Å²) in [6.07, 6.45) is 1.60. The maximum absolute atomic E-state index is 12.6. The minimum Gasteiger partial charge on any atom is -0.508 e. The van der Waals surface area contributed by atoms with Gasteiger partial charge >= 0.3 is 0 Å². The number of hydrogen-bond acceptors (Lipinski definition) is 6. The van der Waals surface area contributed by atoms with Gasteiger partial charge in [0, 0.05) is 23.6 Å². The van der Waals surface area contributed by atoms with Crippen molar-refractivity contribution in [1.82, 2.24) is 15.8 Å². The second-order valence-electron chi connectivity index (χ2n) is 6.16. The lowest BCUT2D eigenvalue weighted by atomic mass is 10.2. The molecule has 1 saturated heterocycles. The van der Waals surface area contributed by atoms with Crippen molar-refractivity contribution in [2.45, 2.75) is 6.42 Å². The summed E-state index contributed by atoms with van der Waals surface area (Å²) in [5.41, 5.74) is 5.42. The number of thioether (sulfide) groups is 1. The molecule has 0 aromatic heterocycles. The molecule has 0 unspecified atom stereocenters. The Bertz CT molecular complexity index is 1060. The number of carbonyl (C=O) groups excluding carboxylic acids is 3. The summed E-state index contributed by atoms with van der Waals surface area (Å²) < 4.78 is 0.342. The zero-order valence-electron chi connectivity index (χ0n) is 15.4. The van der Waals surface area contributed by atoms with E-state index in [4.69, 9.17) is 23.8 Å². The molecule has 10 heteroatoms. The molecule has 0 aliphatic carbocycles. The van der Waals surface area contributed by atoms with Gasteiger partial charge in [0.25, 0.3) is 11.8 Å². The zero-order chi connectivity index (χ0) is 21.7. The van der Waals surface area contributed by atoms with Crippen LogP contribution in [0.2, 0.25) is 5.02 Å². The number of phenolic OH excluding ortho intramolecular Hbond substituents is 1. The van der Waals surface area contributed by atoms with Gasteiger partial charge in [-0.3, -0.25) is 30.1 Å². The molecule has 1 heterocycles. The molecule has 7 nitrogen and oxygen atoms in total. The summed E-state index contributed by atoms with van der Waals surface area (Å²) in [6.45, 7) is 0.0678. The highest BCUT2D eigenvalue weighted by Gasteiger charge is 2.32. The monoisotopic (exact) mass is 461 g/mol. The van der Waals surface area contributed by atoms with E-state index >= 15 is 0 Å². The number of benzene rings is 2. The number of nitrogens with one attached hydrogen (secondary N) is 2. The summed E-state index contributed by atoms with van der Waals surface area (Å²) in [7, 11) is 0. The van der Waals surface area contributed by atoms with Crippen LogP contribution in [0.5, 0.6) is 5.75 Å². The van der Waals surface area contributed by atoms with Crippen molar-refractivity contribution in [3.63, 3.8) is 0 Å². The fraction of sp³-hybridized carbons (Fsp3) is 0.100. The van der Waals surface area contributed by atoms with Gasteiger partial charge in [-0.15, -0.1) is 0 Å². The first-order valence-corrected chi connectivity index (χ1v) is 10.3. The fourth-order valence-electron chi connectivity index (χ4n) is 2.55. The number of carbonyl (C=O) groups is 3. The van der Waals surface area contributed by atoms with Crippen molar-refractivity contribution in [3.8, 4) is 5.75 Å². The van der Waals surface area contributed by atoms with Gasteiger partial charge in [-0.05, 0) is 35.9 Å². The lowest BCUT2D eigenvalue weighted by Gasteiger charge is -2.14. The summed E-state index contributed by atoms with van der Waals surface area (Å²) >= 11 is 12.5. The van der Waals surface area contributed by atoms with E-state index < -0.39 is 11.8 Å². The smallest absolute Gasteiger partial charge is 0.269 e. The first-order chi connectivity index (χ1) is 14.3. The van der Waals surface area contributed by atoms with Crippen molar-refractivity contribution in [3.05, 3.63) is 69.6 Å². The Morgan fingerprint density at radius 1 is 1.17 bits per heavy atom. The molecule has 30 heavy (non-hydrogen) atoms. The molecule has 2 aromatic carbocycles. The first-order valence-electron chi connectivity index (χ1n) is 8.73. The largest absolute Gasteiger partial charge is 0.508 e. The van der Waals surface area contributed by atoms with Crippen LogP contribution in [-0.2, 0) is 9.59 Å². The van der Waals surface area contributed by atoms with Crippen LogP contribution in [0.3, 0.4) is 0 Å². The van der Waals surface area contributed by atoms with Gasteiger partial charge in [-0.25, -0.2) is 0 Å². The number of rotatable bonds is 5. The van der Waals surface area contributed by atoms with Crippen LogP contribution in [0.15, 0.2) is 53.4 Å². The maximum Gasteiger partial charge on any atom is 0.269 e. The Labute approximate surface area is 187 Å². The Kier molecular flexibility index (Phi) is 7.09. The second-order valence-corrected chi connectivity index (χ2v) is 8.24. The predicted octanol–water partition coefficient (Wildman–Crippen LogP) is 3.10. The lowest BCUT2D eigenvalue weighted by Crippen LogP contribution is -2.43. The Balaban J connectivity index is 1.53. The molecular weight excluding hydrogens is 446 g/mol. The third-order valence-corrected chi connectivity index (χ3v) is 5.77. The number of phenols is 1. The van der Waals surface area contributed by atoms with E-state index in [2.05, 4.69) is 10.9 Å². The van der Waals surface area contributed by atoms with Crippen LogP contribution in [-0.4, -0.2) is 38.6 Å². The van der Waals surface area contributed by atoms with Crippen LogP contribution < -0.4 is 10.9 Å². The molecule has 0 spiro atoms. The van der Waals surface area contributed by atoms with Gasteiger partial charge in [-0.2, -0.15) is 0 Å². The molecule has 1 aliphatic heterocycles. The number of hydrazine groups is 1. The molecule has 0 radical (unpaired) electrons. The third kappa shape index (κ3) is 5.38. The summed E-state index contributed by atoms with van der Waals surface area (Å²) in [5.74, 6) is -1.44. The van der Waals surface area contributed by atoms with Gasteiger partial charge in [0.1, 0.15) is 10.1 Å². The Hall–Kier alpha value is -2.88. The van der Waals surface area contributed by atoms with E-state index in [1.165, 1.54) is 29.2 Å². The Morgan fingerprint density at radius 2 is 1.93 bits per heavy atom. The van der Waals surface area contributed by atoms with Crippen molar-refractivity contribution < 1.29 is 19.5 Å². The van der Waals surface area contributed by atoms with Gasteiger partial charge in [-0.1, -0.05) is 59.8 Å². The third-order valence-electron chi connectivity index (χ3n) is 4.05. The van der Waals surface area contributed by atoms with E-state index in [0.717, 1.165) is 11.8 Å². The molecule has 1 fully saturated rings. The van der Waals surface area contributed by atoms with Crippen LogP contribution in [0.1, 0.15) is 22.3 Å². The summed E-state index contributed by atoms with van der Waals surface area (Å²) in [6, 6.07) is 12.8. The molecule has 0 atom stereocenters. The van der Waals surface area contributed by atoms with E-state index in [0.29, 0.717) is 19.8 Å². The average molecular weight is 462 g/mol. The summed E-state index contributed by atoms with van der Waals surface area (Å²) in [4.78, 5) is 38.4. The zero-order valence-corrected chi connectivity index (χ0v) is 17.8. The molecule has 1 aliphatic rings. The highest BCUT2D eigenvalue weighted by molar-refractivity contribution is 8.26. The van der Waals surface area contributed by atoms with Crippen molar-refractivity contribution >= 4 is 63.7 Å². The number of halogens is 1. The van der Waals surface area contributed by atoms with Crippen LogP contribution in [0.25, 0.3) is 6.08 Å². The average Bonchev–Trinajstić information content (AvgIpc) is 2.99. The molecule has 154 valence electrons. The van der Waals surface area contributed by atoms with Gasteiger partial charge in [0.2, 0.25) is 5.91 Å². The topological polar surface area (TPSA) is 98.7 Å². The molecule has 3 rings (SSSR count). The molecular formula is C20H16ClN3O4S2. The number of hydrogen-bond donors (Lipinski definition) is 3. The van der Waals surface area contributed by atoms with Crippen LogP contribution in [0, 0.1) is 0 Å². The highest BCUT2D eigenvalue weighted by atomic mass is 35.5. The van der Waals surface area contributed by atoms with E-state index in [9.17, 15) is 19.5 Å².